The first-order valence-corrected chi connectivity index (χ1v) is 6.27. The minimum Gasteiger partial charge on any atom is -0.305 e. The van der Waals surface area contributed by atoms with E-state index in [2.05, 4.69) is 5.32 Å². The van der Waals surface area contributed by atoms with Crippen molar-refractivity contribution in [2.45, 2.75) is 45.6 Å². The smallest absolute Gasteiger partial charge is 0.305 e. The number of nitrogens with one attached hydrogen (secondary N) is 1. The molecular weight excluding hydrogens is 258 g/mol. The van der Waals surface area contributed by atoms with E-state index in [1.54, 1.807) is 26.0 Å². The number of alkyl halides is 4. The Morgan fingerprint density at radius 3 is 2.26 bits per heavy atom. The summed E-state index contributed by atoms with van der Waals surface area (Å²) in [6.07, 6.45) is -3.09. The maximum atomic E-state index is 13.6. The SMILES string of the molecule is CCCNC(c1ccc(C)c(C)c1)C(F)(F)C(F)F. The van der Waals surface area contributed by atoms with Crippen LogP contribution in [0.25, 0.3) is 0 Å². The van der Waals surface area contributed by atoms with E-state index in [0.717, 1.165) is 11.1 Å². The van der Waals surface area contributed by atoms with Crippen LogP contribution in [0.5, 0.6) is 0 Å². The van der Waals surface area contributed by atoms with E-state index in [0.29, 0.717) is 6.42 Å². The minimum absolute atomic E-state index is 0.196. The summed E-state index contributed by atoms with van der Waals surface area (Å²) >= 11 is 0. The number of halogens is 4. The molecule has 0 aliphatic heterocycles. The maximum absolute atomic E-state index is 13.6. The molecule has 0 saturated heterocycles. The Hall–Kier alpha value is -1.10. The molecule has 1 atom stereocenters. The zero-order chi connectivity index (χ0) is 14.6. The van der Waals surface area contributed by atoms with Crippen LogP contribution < -0.4 is 5.32 Å². The second-order valence-corrected chi connectivity index (χ2v) is 4.71. The van der Waals surface area contributed by atoms with Gasteiger partial charge in [-0.1, -0.05) is 25.1 Å². The molecule has 1 N–H and O–H groups in total. The summed E-state index contributed by atoms with van der Waals surface area (Å²) < 4.78 is 52.4. The highest BCUT2D eigenvalue weighted by atomic mass is 19.3. The molecule has 0 heterocycles. The van der Waals surface area contributed by atoms with Gasteiger partial charge in [-0.25, -0.2) is 8.78 Å². The molecule has 0 fully saturated rings. The van der Waals surface area contributed by atoms with E-state index in [4.69, 9.17) is 0 Å². The third-order valence-corrected chi connectivity index (χ3v) is 3.14. The first-order valence-electron chi connectivity index (χ1n) is 6.27. The lowest BCUT2D eigenvalue weighted by molar-refractivity contribution is -0.151. The molecule has 0 spiro atoms. The average Bonchev–Trinajstić information content (AvgIpc) is 2.33. The molecular formula is C14H19F4N. The van der Waals surface area contributed by atoms with Gasteiger partial charge in [0.05, 0.1) is 0 Å². The molecule has 0 bridgehead atoms. The normalized spacial score (nSPS) is 13.9. The number of rotatable bonds is 6. The fraction of sp³-hybridized carbons (Fsp3) is 0.571. The highest BCUT2D eigenvalue weighted by molar-refractivity contribution is 5.32. The molecule has 108 valence electrons. The second kappa shape index (κ2) is 6.37. The van der Waals surface area contributed by atoms with Crippen molar-refractivity contribution in [3.63, 3.8) is 0 Å². The maximum Gasteiger partial charge on any atom is 0.326 e. The first-order chi connectivity index (χ1) is 8.80. The molecule has 1 aromatic carbocycles. The summed E-state index contributed by atoms with van der Waals surface area (Å²) in [5, 5.41) is 2.52. The van der Waals surface area contributed by atoms with Gasteiger partial charge in [0.1, 0.15) is 6.04 Å². The van der Waals surface area contributed by atoms with Crippen molar-refractivity contribution in [1.82, 2.24) is 5.32 Å². The summed E-state index contributed by atoms with van der Waals surface area (Å²) in [6, 6.07) is 3.03. The lowest BCUT2D eigenvalue weighted by Crippen LogP contribution is -2.42. The van der Waals surface area contributed by atoms with Crippen LogP contribution in [-0.4, -0.2) is 18.9 Å². The molecule has 0 aliphatic rings. The summed E-state index contributed by atoms with van der Waals surface area (Å²) in [7, 11) is 0. The van der Waals surface area contributed by atoms with Crippen molar-refractivity contribution < 1.29 is 17.6 Å². The molecule has 1 aromatic rings. The van der Waals surface area contributed by atoms with Crippen molar-refractivity contribution in [1.29, 1.82) is 0 Å². The molecule has 19 heavy (non-hydrogen) atoms. The van der Waals surface area contributed by atoms with Crippen LogP contribution in [0.3, 0.4) is 0 Å². The molecule has 0 amide bonds. The quantitative estimate of drug-likeness (QED) is 0.767. The minimum atomic E-state index is -4.09. The van der Waals surface area contributed by atoms with Gasteiger partial charge in [-0.3, -0.25) is 0 Å². The van der Waals surface area contributed by atoms with Crippen LogP contribution in [0, 0.1) is 13.8 Å². The predicted molar refractivity (Wildman–Crippen MR) is 67.9 cm³/mol. The lowest BCUT2D eigenvalue weighted by Gasteiger charge is -2.28. The van der Waals surface area contributed by atoms with E-state index >= 15 is 0 Å². The number of hydrogen-bond acceptors (Lipinski definition) is 1. The predicted octanol–water partition coefficient (Wildman–Crippen LogP) is 4.24. The zero-order valence-electron chi connectivity index (χ0n) is 11.3. The van der Waals surface area contributed by atoms with Crippen molar-refractivity contribution in [2.24, 2.45) is 0 Å². The standard InChI is InChI=1S/C14H19F4N/c1-4-7-19-12(14(17,18)13(15)16)11-6-5-9(2)10(3)8-11/h5-6,8,12-13,19H,4,7H2,1-3H3. The van der Waals surface area contributed by atoms with Crippen molar-refractivity contribution in [3.05, 3.63) is 34.9 Å². The van der Waals surface area contributed by atoms with Crippen molar-refractivity contribution in [3.8, 4) is 0 Å². The van der Waals surface area contributed by atoms with E-state index in [9.17, 15) is 17.6 Å². The summed E-state index contributed by atoms with van der Waals surface area (Å²) in [4.78, 5) is 0. The number of hydrogen-bond donors (Lipinski definition) is 1. The Morgan fingerprint density at radius 2 is 1.79 bits per heavy atom. The van der Waals surface area contributed by atoms with Crippen LogP contribution >= 0.6 is 0 Å². The van der Waals surface area contributed by atoms with Crippen molar-refractivity contribution in [2.75, 3.05) is 6.54 Å². The van der Waals surface area contributed by atoms with E-state index in [1.165, 1.54) is 6.07 Å². The topological polar surface area (TPSA) is 12.0 Å². The molecule has 5 heteroatoms. The van der Waals surface area contributed by atoms with E-state index in [-0.39, 0.29) is 12.1 Å². The Balaban J connectivity index is 3.12. The van der Waals surface area contributed by atoms with Crippen LogP contribution in [0.2, 0.25) is 0 Å². The van der Waals surface area contributed by atoms with Crippen LogP contribution in [0.1, 0.15) is 36.1 Å². The molecule has 0 aliphatic carbocycles. The van der Waals surface area contributed by atoms with Crippen LogP contribution in [0.15, 0.2) is 18.2 Å². The zero-order valence-corrected chi connectivity index (χ0v) is 11.3. The number of aryl methyl sites for hydroxylation is 2. The lowest BCUT2D eigenvalue weighted by atomic mass is 9.96. The van der Waals surface area contributed by atoms with Gasteiger partial charge in [0.2, 0.25) is 0 Å². The molecule has 0 radical (unpaired) electrons. The van der Waals surface area contributed by atoms with E-state index < -0.39 is 18.4 Å². The molecule has 0 aromatic heterocycles. The van der Waals surface area contributed by atoms with Gasteiger partial charge in [-0.2, -0.15) is 8.78 Å². The third kappa shape index (κ3) is 3.69. The molecule has 1 unspecified atom stereocenters. The van der Waals surface area contributed by atoms with E-state index in [1.807, 2.05) is 6.92 Å². The van der Waals surface area contributed by atoms with Crippen molar-refractivity contribution >= 4 is 0 Å². The van der Waals surface area contributed by atoms with Crippen LogP contribution in [0.4, 0.5) is 17.6 Å². The van der Waals surface area contributed by atoms with Gasteiger partial charge >= 0.3 is 12.3 Å². The molecule has 1 nitrogen and oxygen atoms in total. The second-order valence-electron chi connectivity index (χ2n) is 4.71. The Morgan fingerprint density at radius 1 is 1.16 bits per heavy atom. The molecule has 0 saturated carbocycles. The Labute approximate surface area is 111 Å². The average molecular weight is 277 g/mol. The van der Waals surface area contributed by atoms with Gasteiger partial charge in [-0.15, -0.1) is 0 Å². The fourth-order valence-electron chi connectivity index (χ4n) is 1.83. The van der Waals surface area contributed by atoms with Gasteiger partial charge in [-0.05, 0) is 43.5 Å². The van der Waals surface area contributed by atoms with Gasteiger partial charge in [0, 0.05) is 0 Å². The van der Waals surface area contributed by atoms with Crippen LogP contribution in [-0.2, 0) is 0 Å². The first kappa shape index (κ1) is 16.0. The summed E-state index contributed by atoms with van der Waals surface area (Å²) in [5.74, 6) is -4.09. The fourth-order valence-corrected chi connectivity index (χ4v) is 1.83. The monoisotopic (exact) mass is 277 g/mol. The molecule has 1 rings (SSSR count). The number of benzene rings is 1. The van der Waals surface area contributed by atoms with Gasteiger partial charge in [0.15, 0.2) is 0 Å². The Bertz CT molecular complexity index is 418. The highest BCUT2D eigenvalue weighted by Crippen LogP contribution is 2.37. The third-order valence-electron chi connectivity index (χ3n) is 3.14. The summed E-state index contributed by atoms with van der Waals surface area (Å²) in [6.45, 7) is 5.68. The van der Waals surface area contributed by atoms with Gasteiger partial charge in [0.25, 0.3) is 0 Å². The Kier molecular flexibility index (Phi) is 5.35. The largest absolute Gasteiger partial charge is 0.326 e. The highest BCUT2D eigenvalue weighted by Gasteiger charge is 2.49. The van der Waals surface area contributed by atoms with Gasteiger partial charge < -0.3 is 5.32 Å². The summed E-state index contributed by atoms with van der Waals surface area (Å²) in [5.41, 5.74) is 1.95.